The zero-order chi connectivity index (χ0) is 9.72. The van der Waals surface area contributed by atoms with E-state index in [9.17, 15) is 0 Å². The molecule has 0 saturated carbocycles. The van der Waals surface area contributed by atoms with Crippen molar-refractivity contribution in [3.05, 3.63) is 16.9 Å². The topological polar surface area (TPSA) is 17.8 Å². The Balaban J connectivity index is 0.000000561. The number of aromatic nitrogens is 2. The average Bonchev–Trinajstić information content (AvgIpc) is 2.34. The SMILES string of the molecule is CC.CC(C)c1cn(C)nc1Cl. The van der Waals surface area contributed by atoms with Crippen molar-refractivity contribution in [2.24, 2.45) is 7.05 Å². The molecule has 0 N–H and O–H groups in total. The maximum Gasteiger partial charge on any atom is 0.154 e. The molecule has 0 aliphatic heterocycles. The van der Waals surface area contributed by atoms with E-state index in [0.717, 1.165) is 5.56 Å². The number of halogens is 1. The van der Waals surface area contributed by atoms with Crippen molar-refractivity contribution in [2.75, 3.05) is 0 Å². The zero-order valence-corrected chi connectivity index (χ0v) is 9.18. The lowest BCUT2D eigenvalue weighted by molar-refractivity contribution is 0.765. The molecule has 0 amide bonds. The van der Waals surface area contributed by atoms with Crippen molar-refractivity contribution < 1.29 is 0 Å². The van der Waals surface area contributed by atoms with Gasteiger partial charge in [-0.2, -0.15) is 5.10 Å². The third-order valence-corrected chi connectivity index (χ3v) is 1.73. The standard InChI is InChI=1S/C7H11ClN2.C2H6/c1-5(2)6-4-10(3)9-7(6)8;1-2/h4-5H,1-3H3;1-2H3. The molecule has 1 aromatic heterocycles. The summed E-state index contributed by atoms with van der Waals surface area (Å²) in [5, 5.41) is 4.64. The van der Waals surface area contributed by atoms with Crippen LogP contribution < -0.4 is 0 Å². The molecule has 12 heavy (non-hydrogen) atoms. The maximum atomic E-state index is 5.81. The molecule has 0 saturated heterocycles. The number of hydrogen-bond donors (Lipinski definition) is 0. The molecule has 0 fully saturated rings. The third-order valence-electron chi connectivity index (χ3n) is 1.43. The van der Waals surface area contributed by atoms with Gasteiger partial charge in [-0.25, -0.2) is 0 Å². The van der Waals surface area contributed by atoms with E-state index in [0.29, 0.717) is 11.1 Å². The molecular formula is C9H17ClN2. The number of nitrogens with zero attached hydrogens (tertiary/aromatic N) is 2. The van der Waals surface area contributed by atoms with E-state index in [2.05, 4.69) is 18.9 Å². The van der Waals surface area contributed by atoms with Crippen LogP contribution >= 0.6 is 11.6 Å². The van der Waals surface area contributed by atoms with Crippen LogP contribution in [0.15, 0.2) is 6.20 Å². The summed E-state index contributed by atoms with van der Waals surface area (Å²) in [6.07, 6.45) is 1.95. The van der Waals surface area contributed by atoms with Crippen LogP contribution in [-0.4, -0.2) is 9.78 Å². The van der Waals surface area contributed by atoms with Gasteiger partial charge in [0.05, 0.1) is 0 Å². The molecule has 2 nitrogen and oxygen atoms in total. The molecule has 0 spiro atoms. The highest BCUT2D eigenvalue weighted by Crippen LogP contribution is 2.21. The highest BCUT2D eigenvalue weighted by atomic mass is 35.5. The Morgan fingerprint density at radius 3 is 2.08 bits per heavy atom. The zero-order valence-electron chi connectivity index (χ0n) is 8.43. The summed E-state index contributed by atoms with van der Waals surface area (Å²) < 4.78 is 1.73. The van der Waals surface area contributed by atoms with Gasteiger partial charge >= 0.3 is 0 Å². The smallest absolute Gasteiger partial charge is 0.154 e. The quantitative estimate of drug-likeness (QED) is 0.662. The van der Waals surface area contributed by atoms with Crippen LogP contribution in [0.2, 0.25) is 5.15 Å². The fraction of sp³-hybridized carbons (Fsp3) is 0.667. The van der Waals surface area contributed by atoms with Gasteiger partial charge in [0.1, 0.15) is 0 Å². The van der Waals surface area contributed by atoms with Gasteiger partial charge in [-0.1, -0.05) is 39.3 Å². The fourth-order valence-corrected chi connectivity index (χ4v) is 1.25. The maximum absolute atomic E-state index is 5.81. The molecule has 0 aliphatic rings. The molecule has 3 heteroatoms. The molecule has 0 bridgehead atoms. The predicted octanol–water partition coefficient (Wildman–Crippen LogP) is 3.22. The molecule has 1 heterocycles. The van der Waals surface area contributed by atoms with Crippen LogP contribution in [0.3, 0.4) is 0 Å². The minimum Gasteiger partial charge on any atom is -0.274 e. The molecule has 0 aliphatic carbocycles. The second kappa shape index (κ2) is 5.20. The summed E-state index contributed by atoms with van der Waals surface area (Å²) in [5.74, 6) is 0.459. The van der Waals surface area contributed by atoms with Crippen molar-refractivity contribution >= 4 is 11.6 Å². The van der Waals surface area contributed by atoms with Gasteiger partial charge in [0.15, 0.2) is 5.15 Å². The summed E-state index contributed by atoms with van der Waals surface area (Å²) in [4.78, 5) is 0. The average molecular weight is 189 g/mol. The first-order valence-electron chi connectivity index (χ1n) is 4.30. The molecular weight excluding hydrogens is 172 g/mol. The number of aryl methyl sites for hydroxylation is 1. The summed E-state index contributed by atoms with van der Waals surface area (Å²) in [5.41, 5.74) is 1.11. The highest BCUT2D eigenvalue weighted by molar-refractivity contribution is 6.30. The first kappa shape index (κ1) is 11.5. The lowest BCUT2D eigenvalue weighted by atomic mass is 10.1. The van der Waals surface area contributed by atoms with E-state index < -0.39 is 0 Å². The number of hydrogen-bond acceptors (Lipinski definition) is 1. The van der Waals surface area contributed by atoms with E-state index in [1.807, 2.05) is 27.1 Å². The largest absolute Gasteiger partial charge is 0.274 e. The highest BCUT2D eigenvalue weighted by Gasteiger charge is 2.07. The lowest BCUT2D eigenvalue weighted by Crippen LogP contribution is -1.85. The Morgan fingerprint density at radius 2 is 1.92 bits per heavy atom. The normalized spacial score (nSPS) is 9.58. The Labute approximate surface area is 79.5 Å². The van der Waals surface area contributed by atoms with E-state index >= 15 is 0 Å². The lowest BCUT2D eigenvalue weighted by Gasteiger charge is -1.97. The monoisotopic (exact) mass is 188 g/mol. The number of rotatable bonds is 1. The third kappa shape index (κ3) is 2.86. The van der Waals surface area contributed by atoms with E-state index in [-0.39, 0.29) is 0 Å². The van der Waals surface area contributed by atoms with Crippen LogP contribution in [0.5, 0.6) is 0 Å². The second-order valence-corrected chi connectivity index (χ2v) is 3.06. The van der Waals surface area contributed by atoms with Gasteiger partial charge in [0.25, 0.3) is 0 Å². The Kier molecular flexibility index (Phi) is 4.98. The second-order valence-electron chi connectivity index (χ2n) is 2.70. The van der Waals surface area contributed by atoms with E-state index in [4.69, 9.17) is 11.6 Å². The van der Waals surface area contributed by atoms with Gasteiger partial charge in [-0.3, -0.25) is 4.68 Å². The van der Waals surface area contributed by atoms with Crippen molar-refractivity contribution in [1.29, 1.82) is 0 Å². The van der Waals surface area contributed by atoms with Gasteiger partial charge in [0.2, 0.25) is 0 Å². The van der Waals surface area contributed by atoms with Crippen molar-refractivity contribution in [3.63, 3.8) is 0 Å². The molecule has 0 radical (unpaired) electrons. The Bertz CT molecular complexity index is 228. The molecule has 0 atom stereocenters. The van der Waals surface area contributed by atoms with Gasteiger partial charge in [-0.05, 0) is 5.92 Å². The van der Waals surface area contributed by atoms with Gasteiger partial charge in [0, 0.05) is 18.8 Å². The van der Waals surface area contributed by atoms with Crippen LogP contribution in [-0.2, 0) is 7.05 Å². The van der Waals surface area contributed by atoms with Crippen molar-refractivity contribution in [1.82, 2.24) is 9.78 Å². The van der Waals surface area contributed by atoms with Crippen LogP contribution in [0.4, 0.5) is 0 Å². The molecule has 0 aromatic carbocycles. The van der Waals surface area contributed by atoms with Gasteiger partial charge < -0.3 is 0 Å². The summed E-state index contributed by atoms with van der Waals surface area (Å²) in [7, 11) is 1.87. The van der Waals surface area contributed by atoms with E-state index in [1.54, 1.807) is 4.68 Å². The fourth-order valence-electron chi connectivity index (χ4n) is 0.867. The van der Waals surface area contributed by atoms with Crippen LogP contribution in [0.1, 0.15) is 39.2 Å². The van der Waals surface area contributed by atoms with E-state index in [1.165, 1.54) is 0 Å². The minimum absolute atomic E-state index is 0.459. The van der Waals surface area contributed by atoms with Crippen molar-refractivity contribution in [2.45, 2.75) is 33.6 Å². The molecule has 70 valence electrons. The Morgan fingerprint density at radius 1 is 1.42 bits per heavy atom. The van der Waals surface area contributed by atoms with Crippen LogP contribution in [0.25, 0.3) is 0 Å². The summed E-state index contributed by atoms with van der Waals surface area (Å²) in [6, 6.07) is 0. The summed E-state index contributed by atoms with van der Waals surface area (Å²) >= 11 is 5.81. The first-order valence-corrected chi connectivity index (χ1v) is 4.68. The predicted molar refractivity (Wildman–Crippen MR) is 53.7 cm³/mol. The Hall–Kier alpha value is -0.500. The molecule has 1 rings (SSSR count). The van der Waals surface area contributed by atoms with Crippen LogP contribution in [0, 0.1) is 0 Å². The van der Waals surface area contributed by atoms with Crippen molar-refractivity contribution in [3.8, 4) is 0 Å². The first-order chi connectivity index (χ1) is 5.61. The minimum atomic E-state index is 0.459. The van der Waals surface area contributed by atoms with Gasteiger partial charge in [-0.15, -0.1) is 0 Å². The molecule has 1 aromatic rings. The summed E-state index contributed by atoms with van der Waals surface area (Å²) in [6.45, 7) is 8.20. The molecule has 0 unspecified atom stereocenters.